The predicted molar refractivity (Wildman–Crippen MR) is 54.0 cm³/mol. The number of rotatable bonds is 3. The molecule has 4 nitrogen and oxygen atoms in total. The molecular weight excluding hydrogens is 196 g/mol. The van der Waals surface area contributed by atoms with Crippen LogP contribution in [0.25, 0.3) is 0 Å². The minimum atomic E-state index is -0.491. The summed E-state index contributed by atoms with van der Waals surface area (Å²) in [5.74, 6) is -0.202. The average Bonchev–Trinajstić information content (AvgIpc) is 2.16. The first-order valence-electron chi connectivity index (χ1n) is 4.71. The van der Waals surface area contributed by atoms with Gasteiger partial charge < -0.3 is 9.47 Å². The van der Waals surface area contributed by atoms with Gasteiger partial charge in [0.15, 0.2) is 5.78 Å². The van der Waals surface area contributed by atoms with Crippen LogP contribution in [-0.2, 0) is 19.1 Å². The lowest BCUT2D eigenvalue weighted by Gasteiger charge is -2.23. The summed E-state index contributed by atoms with van der Waals surface area (Å²) in [5.41, 5.74) is 0.426. The summed E-state index contributed by atoms with van der Waals surface area (Å²) in [5, 5.41) is 0. The van der Waals surface area contributed by atoms with Gasteiger partial charge in [0, 0.05) is 7.11 Å². The highest BCUT2D eigenvalue weighted by molar-refractivity contribution is 6.06. The molecule has 1 aliphatic rings. The molecule has 0 aromatic heterocycles. The Balaban J connectivity index is 3.04. The molecule has 0 fully saturated rings. The number of cyclic esters (lactones) is 1. The van der Waals surface area contributed by atoms with E-state index in [-0.39, 0.29) is 18.2 Å². The van der Waals surface area contributed by atoms with Crippen molar-refractivity contribution in [3.8, 4) is 0 Å². The van der Waals surface area contributed by atoms with Crippen LogP contribution >= 0.6 is 0 Å². The predicted octanol–water partition coefficient (Wildman–Crippen LogP) is 1.37. The van der Waals surface area contributed by atoms with E-state index < -0.39 is 6.10 Å². The van der Waals surface area contributed by atoms with Crippen molar-refractivity contribution >= 4 is 11.8 Å². The number of hydrogen-bond acceptors (Lipinski definition) is 4. The van der Waals surface area contributed by atoms with Crippen molar-refractivity contribution in [2.45, 2.75) is 26.4 Å². The highest BCUT2D eigenvalue weighted by Crippen LogP contribution is 2.23. The first kappa shape index (κ1) is 11.7. The van der Waals surface area contributed by atoms with Gasteiger partial charge in [0.1, 0.15) is 5.76 Å². The van der Waals surface area contributed by atoms with Crippen molar-refractivity contribution < 1.29 is 19.1 Å². The van der Waals surface area contributed by atoms with Gasteiger partial charge in [-0.15, -0.1) is 0 Å². The zero-order valence-electron chi connectivity index (χ0n) is 9.07. The van der Waals surface area contributed by atoms with Gasteiger partial charge in [0.2, 0.25) is 0 Å². The van der Waals surface area contributed by atoms with Gasteiger partial charge in [-0.2, -0.15) is 0 Å². The Hall–Kier alpha value is -1.42. The average molecular weight is 210 g/mol. The van der Waals surface area contributed by atoms with Gasteiger partial charge in [-0.05, 0) is 19.9 Å². The quantitative estimate of drug-likeness (QED) is 0.521. The Morgan fingerprint density at radius 3 is 2.80 bits per heavy atom. The fraction of sp³-hybridized carbons (Fsp3) is 0.455. The fourth-order valence-electron chi connectivity index (χ4n) is 1.52. The second kappa shape index (κ2) is 4.89. The van der Waals surface area contributed by atoms with Crippen LogP contribution in [0.4, 0.5) is 0 Å². The summed E-state index contributed by atoms with van der Waals surface area (Å²) in [6, 6.07) is 0. The van der Waals surface area contributed by atoms with Gasteiger partial charge in [-0.25, -0.2) is 0 Å². The van der Waals surface area contributed by atoms with E-state index in [1.807, 2.05) is 0 Å². The molecule has 0 aromatic carbocycles. The Morgan fingerprint density at radius 1 is 1.60 bits per heavy atom. The second-order valence-electron chi connectivity index (χ2n) is 3.24. The third kappa shape index (κ3) is 2.53. The summed E-state index contributed by atoms with van der Waals surface area (Å²) >= 11 is 0. The normalized spacial score (nSPS) is 22.1. The van der Waals surface area contributed by atoms with Crippen LogP contribution in [0.3, 0.4) is 0 Å². The summed E-state index contributed by atoms with van der Waals surface area (Å²) < 4.78 is 10.0. The maximum atomic E-state index is 11.7. The summed E-state index contributed by atoms with van der Waals surface area (Å²) in [7, 11) is 1.47. The number of allylic oxidation sites excluding steroid dienone is 3. The van der Waals surface area contributed by atoms with Gasteiger partial charge in [0.05, 0.1) is 18.1 Å². The molecule has 1 atom stereocenters. The van der Waals surface area contributed by atoms with E-state index in [0.29, 0.717) is 11.3 Å². The van der Waals surface area contributed by atoms with Gasteiger partial charge >= 0.3 is 5.97 Å². The van der Waals surface area contributed by atoms with Crippen molar-refractivity contribution in [3.63, 3.8) is 0 Å². The Labute approximate surface area is 88.6 Å². The smallest absolute Gasteiger partial charge is 0.313 e. The third-order valence-electron chi connectivity index (χ3n) is 2.19. The minimum Gasteiger partial charge on any atom is -0.431 e. The lowest BCUT2D eigenvalue weighted by Crippen LogP contribution is -2.30. The molecule has 4 heteroatoms. The summed E-state index contributed by atoms with van der Waals surface area (Å²) in [4.78, 5) is 22.8. The second-order valence-corrected chi connectivity index (χ2v) is 3.24. The van der Waals surface area contributed by atoms with Crippen molar-refractivity contribution in [2.24, 2.45) is 0 Å². The number of methoxy groups -OCH3 is 1. The maximum Gasteiger partial charge on any atom is 0.313 e. The largest absolute Gasteiger partial charge is 0.431 e. The Bertz CT molecular complexity index is 338. The minimum absolute atomic E-state index is 0.0897. The molecule has 1 unspecified atom stereocenters. The van der Waals surface area contributed by atoms with E-state index in [1.165, 1.54) is 13.2 Å². The van der Waals surface area contributed by atoms with Crippen LogP contribution in [0, 0.1) is 0 Å². The van der Waals surface area contributed by atoms with E-state index in [4.69, 9.17) is 9.47 Å². The molecule has 0 bridgehead atoms. The molecule has 15 heavy (non-hydrogen) atoms. The Morgan fingerprint density at radius 2 is 2.27 bits per heavy atom. The first-order chi connectivity index (χ1) is 7.10. The molecule has 0 aromatic rings. The molecule has 1 rings (SSSR count). The van der Waals surface area contributed by atoms with Gasteiger partial charge in [0.25, 0.3) is 0 Å². The SMILES string of the molecule is C/C=C/C(=O)C1=C(C)OC(=O)CC1OC. The molecular formula is C11H14O4. The zero-order valence-corrected chi connectivity index (χ0v) is 9.07. The van der Waals surface area contributed by atoms with Crippen LogP contribution < -0.4 is 0 Å². The summed E-state index contributed by atoms with van der Waals surface area (Å²) in [6.45, 7) is 3.35. The molecule has 82 valence electrons. The fourth-order valence-corrected chi connectivity index (χ4v) is 1.52. The number of ketones is 1. The van der Waals surface area contributed by atoms with Crippen molar-refractivity contribution in [2.75, 3.05) is 7.11 Å². The molecule has 0 aliphatic carbocycles. The van der Waals surface area contributed by atoms with Crippen LogP contribution in [0.2, 0.25) is 0 Å². The van der Waals surface area contributed by atoms with Crippen LogP contribution in [0.15, 0.2) is 23.5 Å². The molecule has 0 saturated carbocycles. The zero-order chi connectivity index (χ0) is 11.4. The van der Waals surface area contributed by atoms with E-state index >= 15 is 0 Å². The molecule has 0 radical (unpaired) electrons. The van der Waals surface area contributed by atoms with Crippen molar-refractivity contribution in [1.82, 2.24) is 0 Å². The van der Waals surface area contributed by atoms with Crippen LogP contribution in [-0.4, -0.2) is 25.0 Å². The van der Waals surface area contributed by atoms with Crippen LogP contribution in [0.1, 0.15) is 20.3 Å². The van der Waals surface area contributed by atoms with Gasteiger partial charge in [-0.1, -0.05) is 6.08 Å². The number of esters is 1. The molecule has 1 heterocycles. The number of hydrogen-bond donors (Lipinski definition) is 0. The van der Waals surface area contributed by atoms with E-state index in [2.05, 4.69) is 0 Å². The van der Waals surface area contributed by atoms with E-state index in [9.17, 15) is 9.59 Å². The highest BCUT2D eigenvalue weighted by atomic mass is 16.5. The van der Waals surface area contributed by atoms with Crippen molar-refractivity contribution in [3.05, 3.63) is 23.5 Å². The number of carbonyl (C=O) groups excluding carboxylic acids is 2. The highest BCUT2D eigenvalue weighted by Gasteiger charge is 2.30. The molecule has 0 N–H and O–H groups in total. The lowest BCUT2D eigenvalue weighted by molar-refractivity contribution is -0.144. The number of ether oxygens (including phenoxy) is 2. The molecule has 0 spiro atoms. The van der Waals surface area contributed by atoms with Gasteiger partial charge in [-0.3, -0.25) is 9.59 Å². The Kier molecular flexibility index (Phi) is 3.80. The van der Waals surface area contributed by atoms with E-state index in [1.54, 1.807) is 19.9 Å². The monoisotopic (exact) mass is 210 g/mol. The van der Waals surface area contributed by atoms with E-state index in [0.717, 1.165) is 0 Å². The molecule has 0 amide bonds. The topological polar surface area (TPSA) is 52.6 Å². The standard InChI is InChI=1S/C11H14O4/c1-4-5-8(12)11-7(2)15-10(13)6-9(11)14-3/h4-5,9H,6H2,1-3H3/b5-4+. The molecule has 1 aliphatic heterocycles. The van der Waals surface area contributed by atoms with Crippen molar-refractivity contribution in [1.29, 1.82) is 0 Å². The maximum absolute atomic E-state index is 11.7. The van der Waals surface area contributed by atoms with Crippen LogP contribution in [0.5, 0.6) is 0 Å². The molecule has 0 saturated heterocycles. The first-order valence-corrected chi connectivity index (χ1v) is 4.71. The number of carbonyl (C=O) groups is 2. The lowest BCUT2D eigenvalue weighted by atomic mass is 9.98. The third-order valence-corrected chi connectivity index (χ3v) is 2.19. The summed E-state index contributed by atoms with van der Waals surface area (Å²) in [6.07, 6.45) is 2.68.